The highest BCUT2D eigenvalue weighted by Crippen LogP contribution is 2.32. The quantitative estimate of drug-likeness (QED) is 0.624. The van der Waals surface area contributed by atoms with E-state index in [-0.39, 0.29) is 29.6 Å². The lowest BCUT2D eigenvalue weighted by molar-refractivity contribution is -0.124. The molecule has 0 bridgehead atoms. The van der Waals surface area contributed by atoms with E-state index < -0.39 is 18.5 Å². The molecule has 0 aromatic heterocycles. The maximum absolute atomic E-state index is 12.0. The van der Waals surface area contributed by atoms with Gasteiger partial charge in [-0.2, -0.15) is 0 Å². The molecule has 1 aliphatic rings. The third-order valence-corrected chi connectivity index (χ3v) is 3.86. The second-order valence-corrected chi connectivity index (χ2v) is 5.65. The molecule has 130 valence electrons. The van der Waals surface area contributed by atoms with Crippen molar-refractivity contribution >= 4 is 29.2 Å². The molecule has 1 amide bonds. The first kappa shape index (κ1) is 16.9. The minimum absolute atomic E-state index is 0.120. The van der Waals surface area contributed by atoms with Crippen molar-refractivity contribution in [1.29, 1.82) is 0 Å². The van der Waals surface area contributed by atoms with Gasteiger partial charge in [-0.3, -0.25) is 4.79 Å². The summed E-state index contributed by atoms with van der Waals surface area (Å²) in [5.41, 5.74) is 6.79. The van der Waals surface area contributed by atoms with Crippen molar-refractivity contribution in [2.24, 2.45) is 0 Å². The molecule has 0 atom stereocenters. The Labute approximate surface area is 148 Å². The smallest absolute Gasteiger partial charge is 0.340 e. The summed E-state index contributed by atoms with van der Waals surface area (Å²) in [6.07, 6.45) is 0. The lowest BCUT2D eigenvalue weighted by atomic mass is 10.2. The molecule has 8 heteroatoms. The summed E-state index contributed by atoms with van der Waals surface area (Å²) in [5.74, 6) is 0.155. The molecule has 3 rings (SSSR count). The summed E-state index contributed by atoms with van der Waals surface area (Å²) < 4.78 is 15.4. The topological polar surface area (TPSA) is 99.9 Å². The molecule has 1 aliphatic heterocycles. The summed E-state index contributed by atoms with van der Waals surface area (Å²) in [6, 6.07) is 9.98. The van der Waals surface area contributed by atoms with E-state index in [0.717, 1.165) is 5.56 Å². The highest BCUT2D eigenvalue weighted by Gasteiger charge is 2.16. The van der Waals surface area contributed by atoms with Gasteiger partial charge in [-0.15, -0.1) is 0 Å². The molecule has 0 saturated carbocycles. The van der Waals surface area contributed by atoms with Gasteiger partial charge in [0.2, 0.25) is 6.79 Å². The number of para-hydroxylation sites is 1. The first-order chi connectivity index (χ1) is 12.0. The molecule has 7 nitrogen and oxygen atoms in total. The predicted octanol–water partition coefficient (Wildman–Crippen LogP) is 2.12. The Morgan fingerprint density at radius 3 is 2.84 bits per heavy atom. The van der Waals surface area contributed by atoms with Crippen molar-refractivity contribution in [3.8, 4) is 11.5 Å². The average molecular weight is 363 g/mol. The number of anilines is 1. The molecule has 25 heavy (non-hydrogen) atoms. The molecule has 0 aliphatic carbocycles. The van der Waals surface area contributed by atoms with Gasteiger partial charge in [-0.05, 0) is 29.8 Å². The number of hydrogen-bond acceptors (Lipinski definition) is 6. The third-order valence-electron chi connectivity index (χ3n) is 3.53. The van der Waals surface area contributed by atoms with E-state index in [2.05, 4.69) is 5.32 Å². The number of esters is 1. The first-order valence-corrected chi connectivity index (χ1v) is 7.78. The van der Waals surface area contributed by atoms with Gasteiger partial charge in [0, 0.05) is 6.54 Å². The summed E-state index contributed by atoms with van der Waals surface area (Å²) in [5, 5.41) is 2.90. The number of ether oxygens (including phenoxy) is 3. The zero-order chi connectivity index (χ0) is 17.8. The SMILES string of the molecule is Nc1c(Cl)cccc1C(=O)OCC(=O)NCc1ccc2c(c1)OCO2. The van der Waals surface area contributed by atoms with Crippen LogP contribution in [0, 0.1) is 0 Å². The van der Waals surface area contributed by atoms with Gasteiger partial charge in [-0.25, -0.2) is 4.79 Å². The van der Waals surface area contributed by atoms with Gasteiger partial charge >= 0.3 is 5.97 Å². The van der Waals surface area contributed by atoms with Crippen LogP contribution in [0.1, 0.15) is 15.9 Å². The summed E-state index contributed by atoms with van der Waals surface area (Å²) >= 11 is 5.85. The summed E-state index contributed by atoms with van der Waals surface area (Å²) in [7, 11) is 0. The molecule has 3 N–H and O–H groups in total. The lowest BCUT2D eigenvalue weighted by Crippen LogP contribution is -2.28. The zero-order valence-electron chi connectivity index (χ0n) is 13.1. The molecule has 1 heterocycles. The van der Waals surface area contributed by atoms with Crippen LogP contribution in [0.2, 0.25) is 5.02 Å². The van der Waals surface area contributed by atoms with E-state index in [0.29, 0.717) is 11.5 Å². The molecular weight excluding hydrogens is 348 g/mol. The van der Waals surface area contributed by atoms with Crippen molar-refractivity contribution < 1.29 is 23.8 Å². The number of benzene rings is 2. The van der Waals surface area contributed by atoms with Crippen molar-refractivity contribution in [3.63, 3.8) is 0 Å². The van der Waals surface area contributed by atoms with Crippen LogP contribution >= 0.6 is 11.6 Å². The van der Waals surface area contributed by atoms with Crippen LogP contribution in [0.5, 0.6) is 11.5 Å². The van der Waals surface area contributed by atoms with Crippen LogP contribution in [-0.4, -0.2) is 25.3 Å². The fraction of sp³-hybridized carbons (Fsp3) is 0.176. The largest absolute Gasteiger partial charge is 0.454 e. The Morgan fingerprint density at radius 2 is 2.00 bits per heavy atom. The maximum atomic E-state index is 12.0. The molecule has 0 unspecified atom stereocenters. The fourth-order valence-corrected chi connectivity index (χ4v) is 2.40. The van der Waals surface area contributed by atoms with E-state index in [1.54, 1.807) is 24.3 Å². The second kappa shape index (κ2) is 7.31. The van der Waals surface area contributed by atoms with Gasteiger partial charge < -0.3 is 25.3 Å². The number of nitrogens with one attached hydrogen (secondary N) is 1. The van der Waals surface area contributed by atoms with Crippen LogP contribution in [0.15, 0.2) is 36.4 Å². The monoisotopic (exact) mass is 362 g/mol. The highest BCUT2D eigenvalue weighted by atomic mass is 35.5. The third kappa shape index (κ3) is 3.95. The Kier molecular flexibility index (Phi) is 4.95. The minimum atomic E-state index is -0.710. The molecule has 2 aromatic carbocycles. The maximum Gasteiger partial charge on any atom is 0.340 e. The van der Waals surface area contributed by atoms with E-state index >= 15 is 0 Å². The Balaban J connectivity index is 1.49. The van der Waals surface area contributed by atoms with Crippen LogP contribution in [0.25, 0.3) is 0 Å². The Bertz CT molecular complexity index is 825. The van der Waals surface area contributed by atoms with Gasteiger partial charge in [0.25, 0.3) is 5.91 Å². The predicted molar refractivity (Wildman–Crippen MR) is 90.6 cm³/mol. The molecule has 0 spiro atoms. The summed E-state index contributed by atoms with van der Waals surface area (Å²) in [4.78, 5) is 23.8. The highest BCUT2D eigenvalue weighted by molar-refractivity contribution is 6.33. The molecule has 2 aromatic rings. The number of rotatable bonds is 5. The molecular formula is C17H15ClN2O5. The number of halogens is 1. The minimum Gasteiger partial charge on any atom is -0.454 e. The van der Waals surface area contributed by atoms with Gasteiger partial charge in [0.05, 0.1) is 16.3 Å². The number of nitrogens with two attached hydrogens (primary N) is 1. The van der Waals surface area contributed by atoms with Crippen molar-refractivity contribution in [1.82, 2.24) is 5.32 Å². The summed E-state index contributed by atoms with van der Waals surface area (Å²) in [6.45, 7) is 0.0371. The van der Waals surface area contributed by atoms with Crippen LogP contribution in [0.3, 0.4) is 0 Å². The molecule has 0 saturated heterocycles. The van der Waals surface area contributed by atoms with Gasteiger partial charge in [-0.1, -0.05) is 23.7 Å². The Hall–Kier alpha value is -2.93. The van der Waals surface area contributed by atoms with E-state index in [4.69, 9.17) is 31.5 Å². The van der Waals surface area contributed by atoms with Gasteiger partial charge in [0.1, 0.15) is 0 Å². The number of carbonyl (C=O) groups excluding carboxylic acids is 2. The standard InChI is InChI=1S/C17H15ClN2O5/c18-12-3-1-2-11(16(12)19)17(22)23-8-15(21)20-7-10-4-5-13-14(6-10)25-9-24-13/h1-6H,7-9,19H2,(H,20,21). The first-order valence-electron chi connectivity index (χ1n) is 7.41. The number of nitrogen functional groups attached to an aromatic ring is 1. The number of hydrogen-bond donors (Lipinski definition) is 2. The van der Waals surface area contributed by atoms with E-state index in [1.807, 2.05) is 6.07 Å². The van der Waals surface area contributed by atoms with Crippen molar-refractivity contribution in [2.45, 2.75) is 6.54 Å². The number of fused-ring (bicyclic) bond motifs is 1. The molecule has 0 radical (unpaired) electrons. The van der Waals surface area contributed by atoms with Crippen molar-refractivity contribution in [3.05, 3.63) is 52.5 Å². The number of carbonyl (C=O) groups is 2. The van der Waals surface area contributed by atoms with Gasteiger partial charge in [0.15, 0.2) is 18.1 Å². The van der Waals surface area contributed by atoms with Crippen LogP contribution in [0.4, 0.5) is 5.69 Å². The number of amides is 1. The zero-order valence-corrected chi connectivity index (χ0v) is 13.8. The normalized spacial score (nSPS) is 11.9. The Morgan fingerprint density at radius 1 is 1.20 bits per heavy atom. The van der Waals surface area contributed by atoms with Crippen LogP contribution in [-0.2, 0) is 16.1 Å². The van der Waals surface area contributed by atoms with Crippen LogP contribution < -0.4 is 20.5 Å². The molecule has 0 fully saturated rings. The van der Waals surface area contributed by atoms with E-state index in [1.165, 1.54) is 6.07 Å². The second-order valence-electron chi connectivity index (χ2n) is 5.24. The lowest BCUT2D eigenvalue weighted by Gasteiger charge is -2.09. The fourth-order valence-electron chi connectivity index (χ4n) is 2.23. The average Bonchev–Trinajstić information content (AvgIpc) is 3.08. The van der Waals surface area contributed by atoms with E-state index in [9.17, 15) is 9.59 Å². The van der Waals surface area contributed by atoms with Crippen molar-refractivity contribution in [2.75, 3.05) is 19.1 Å².